The summed E-state index contributed by atoms with van der Waals surface area (Å²) in [5, 5.41) is 9.84. The topological polar surface area (TPSA) is 96.5 Å². The zero-order chi connectivity index (χ0) is 37.6. The van der Waals surface area contributed by atoms with E-state index in [4.69, 9.17) is 15.0 Å². The molecule has 2 N–H and O–H groups in total. The largest absolute Gasteiger partial charge is 0.497 e. The lowest BCUT2D eigenvalue weighted by atomic mass is 9.97. The molecule has 8 bridgehead atoms. The number of H-pyrrole nitrogens is 1. The number of aromatic nitrogens is 3. The van der Waals surface area contributed by atoms with Gasteiger partial charge in [-0.05, 0) is 95.1 Å². The first-order chi connectivity index (χ1) is 26.8. The summed E-state index contributed by atoms with van der Waals surface area (Å²) in [5.74, 6) is 0.00718. The molecule has 266 valence electrons. The first-order valence-corrected chi connectivity index (χ1v) is 18.1. The van der Waals surface area contributed by atoms with Crippen molar-refractivity contribution >= 4 is 45.4 Å². The molecule has 5 aliphatic heterocycles. The van der Waals surface area contributed by atoms with E-state index in [1.165, 1.54) is 0 Å². The maximum atomic E-state index is 9.84. The number of aromatic amines is 1. The standard InChI is InChI=1S/C46H37N8O/c1-29(55)47-34-7-5-30(6-8-34)43-35-9-11-37(48-35)44(31-17-23-52(2)24-18-31)39-13-15-41(50-39)46(33-21-27-54(4)28-22-33)42-16-14-40(51-42)45(38-12-10-36(43)49-38)32-19-25-53(3)26-20-32/h5-28H,1-4H3,(H-,47,48,49,50,51,55)/q+1/p+1. The molecule has 0 amide bonds. The molecule has 0 atom stereocenters. The molecule has 3 aromatic heterocycles. The van der Waals surface area contributed by atoms with Crippen molar-refractivity contribution < 1.29 is 14.2 Å². The molecule has 55 heavy (non-hydrogen) atoms. The number of fused-ring (bicyclic) bond motifs is 5. The van der Waals surface area contributed by atoms with E-state index in [0.29, 0.717) is 5.69 Å². The molecule has 9 nitrogen and oxygen atoms in total. The average Bonchev–Trinajstić information content (AvgIpc) is 4.02. The lowest BCUT2D eigenvalue weighted by Gasteiger charge is -2.16. The van der Waals surface area contributed by atoms with Crippen molar-refractivity contribution in [3.8, 4) is 0 Å². The fourth-order valence-corrected chi connectivity index (χ4v) is 7.24. The van der Waals surface area contributed by atoms with Crippen LogP contribution in [0.5, 0.6) is 0 Å². The fraction of sp³-hybridized carbons (Fsp3) is 0.0870. The highest BCUT2D eigenvalue weighted by molar-refractivity contribution is 6.36. The Morgan fingerprint density at radius 1 is 0.564 bits per heavy atom. The second-order valence-corrected chi connectivity index (χ2v) is 13.9. The van der Waals surface area contributed by atoms with Crippen molar-refractivity contribution in [2.75, 3.05) is 7.05 Å². The third-order valence-electron chi connectivity index (χ3n) is 9.93. The predicted molar refractivity (Wildman–Crippen MR) is 220 cm³/mol. The highest BCUT2D eigenvalue weighted by Gasteiger charge is 2.27. The van der Waals surface area contributed by atoms with Crippen LogP contribution in [-0.4, -0.2) is 45.1 Å². The number of allylic oxidation sites excluding steroid dienone is 11. The van der Waals surface area contributed by atoms with Gasteiger partial charge in [-0.25, -0.2) is 29.1 Å². The highest BCUT2D eigenvalue weighted by atomic mass is 16.3. The number of nitrogens with zero attached hydrogens (tertiary/aromatic N) is 7. The molecular formula is C46H38N8O+2. The summed E-state index contributed by atoms with van der Waals surface area (Å²) in [6.45, 7) is 1.57. The van der Waals surface area contributed by atoms with Gasteiger partial charge in [0.1, 0.15) is 14.1 Å². The van der Waals surface area contributed by atoms with Crippen molar-refractivity contribution in [3.63, 3.8) is 0 Å². The lowest BCUT2D eigenvalue weighted by Crippen LogP contribution is -2.26. The summed E-state index contributed by atoms with van der Waals surface area (Å²) in [5.41, 5.74) is 15.3. The Morgan fingerprint density at radius 2 is 1.00 bits per heavy atom. The van der Waals surface area contributed by atoms with Crippen LogP contribution in [0, 0.1) is 0 Å². The van der Waals surface area contributed by atoms with E-state index in [1.807, 2.05) is 71.8 Å². The van der Waals surface area contributed by atoms with Crippen molar-refractivity contribution in [2.24, 2.45) is 34.1 Å². The minimum absolute atomic E-state index is 0.00718. The number of rotatable bonds is 4. The molecule has 9 heteroatoms. The predicted octanol–water partition coefficient (Wildman–Crippen LogP) is 7.52. The maximum absolute atomic E-state index is 9.84. The molecule has 0 saturated carbocycles. The van der Waals surface area contributed by atoms with Crippen LogP contribution in [-0.2, 0) is 14.1 Å². The number of hydrogen-bond acceptors (Lipinski definition) is 5. The van der Waals surface area contributed by atoms with Crippen molar-refractivity contribution in [2.45, 2.75) is 6.92 Å². The molecule has 0 saturated heterocycles. The molecule has 5 aliphatic rings. The van der Waals surface area contributed by atoms with Gasteiger partial charge in [-0.2, -0.15) is 0 Å². The van der Waals surface area contributed by atoms with Crippen LogP contribution >= 0.6 is 0 Å². The van der Waals surface area contributed by atoms with Crippen molar-refractivity contribution in [1.29, 1.82) is 0 Å². The normalized spacial score (nSPS) is 17.6. The summed E-state index contributed by atoms with van der Waals surface area (Å²) < 4.78 is 4.05. The minimum Gasteiger partial charge on any atom is -0.497 e. The van der Waals surface area contributed by atoms with Gasteiger partial charge in [0.05, 0.1) is 39.9 Å². The maximum Gasteiger partial charge on any atom is 0.182 e. The van der Waals surface area contributed by atoms with Gasteiger partial charge >= 0.3 is 0 Å². The summed E-state index contributed by atoms with van der Waals surface area (Å²) in [6, 6.07) is 20.5. The first kappa shape index (κ1) is 33.6. The molecule has 0 unspecified atom stereocenters. The summed E-state index contributed by atoms with van der Waals surface area (Å²) in [6.07, 6.45) is 29.1. The zero-order valence-corrected chi connectivity index (χ0v) is 30.9. The van der Waals surface area contributed by atoms with E-state index in [0.717, 1.165) is 90.2 Å². The van der Waals surface area contributed by atoms with Crippen LogP contribution in [0.1, 0.15) is 35.0 Å². The van der Waals surface area contributed by atoms with E-state index in [1.54, 1.807) is 6.92 Å². The van der Waals surface area contributed by atoms with Gasteiger partial charge in [-0.3, -0.25) is 0 Å². The van der Waals surface area contributed by atoms with Crippen LogP contribution in [0.15, 0.2) is 195 Å². The molecule has 0 spiro atoms. The highest BCUT2D eigenvalue weighted by Crippen LogP contribution is 2.38. The van der Waals surface area contributed by atoms with Crippen molar-refractivity contribution in [3.05, 3.63) is 203 Å². The van der Waals surface area contributed by atoms with E-state index in [2.05, 4.69) is 120 Å². The van der Waals surface area contributed by atoms with Gasteiger partial charge in [0, 0.05) is 84.3 Å². The second-order valence-electron chi connectivity index (χ2n) is 13.9. The van der Waals surface area contributed by atoms with Crippen LogP contribution in [0.4, 0.5) is 5.69 Å². The SMILES string of the molecule is CC(O)=Nc1ccc(C2=C3C=CC(=N3)C(c3cc[n+](C)cc3)=C3C=CC(=N3)C(=C3C=CN(C)C=C3)C3=NC(=C(c4cc[n+](C)cc4)c4ccc2[nH]4)C=C3)cc1. The molecule has 4 aromatic rings. The van der Waals surface area contributed by atoms with Gasteiger partial charge in [0.15, 0.2) is 30.7 Å². The molecule has 0 fully saturated rings. The van der Waals surface area contributed by atoms with Gasteiger partial charge < -0.3 is 15.0 Å². The zero-order valence-electron chi connectivity index (χ0n) is 30.9. The number of nitrogens with one attached hydrogen (secondary N) is 1. The van der Waals surface area contributed by atoms with Crippen LogP contribution in [0.2, 0.25) is 0 Å². The molecule has 0 radical (unpaired) electrons. The average molecular weight is 719 g/mol. The number of aliphatic imine (C=N–C) groups is 4. The smallest absolute Gasteiger partial charge is 0.182 e. The van der Waals surface area contributed by atoms with E-state index < -0.39 is 0 Å². The molecular weight excluding hydrogens is 681 g/mol. The quantitative estimate of drug-likeness (QED) is 0.130. The summed E-state index contributed by atoms with van der Waals surface area (Å²) >= 11 is 0. The Bertz CT molecular complexity index is 2680. The number of hydrogen-bond donors (Lipinski definition) is 2. The molecule has 1 aromatic carbocycles. The summed E-state index contributed by atoms with van der Waals surface area (Å²) in [7, 11) is 6.05. The number of pyridine rings is 2. The Kier molecular flexibility index (Phi) is 8.31. The molecule has 8 heterocycles. The second kappa shape index (κ2) is 13.6. The lowest BCUT2D eigenvalue weighted by molar-refractivity contribution is -0.671. The molecule has 9 rings (SSSR count). The Balaban J connectivity index is 1.34. The van der Waals surface area contributed by atoms with Gasteiger partial charge in [0.2, 0.25) is 0 Å². The van der Waals surface area contributed by atoms with Crippen LogP contribution in [0.25, 0.3) is 16.7 Å². The minimum atomic E-state index is 0.00718. The number of aliphatic hydroxyl groups excluding tert-OH is 1. The summed E-state index contributed by atoms with van der Waals surface area (Å²) in [4.78, 5) is 26.2. The van der Waals surface area contributed by atoms with Gasteiger partial charge in [-0.1, -0.05) is 12.1 Å². The van der Waals surface area contributed by atoms with E-state index in [9.17, 15) is 5.11 Å². The third kappa shape index (κ3) is 6.42. The van der Waals surface area contributed by atoms with Gasteiger partial charge in [-0.15, -0.1) is 0 Å². The Labute approximate surface area is 319 Å². The third-order valence-corrected chi connectivity index (χ3v) is 9.93. The van der Waals surface area contributed by atoms with E-state index >= 15 is 0 Å². The Morgan fingerprint density at radius 3 is 1.49 bits per heavy atom. The number of benzene rings is 1. The monoisotopic (exact) mass is 718 g/mol. The van der Waals surface area contributed by atoms with Crippen molar-refractivity contribution in [1.82, 2.24) is 9.88 Å². The Hall–Kier alpha value is -7.26. The van der Waals surface area contributed by atoms with E-state index in [-0.39, 0.29) is 5.90 Å². The fourth-order valence-electron chi connectivity index (χ4n) is 7.24. The molecule has 0 aliphatic carbocycles. The number of aryl methyl sites for hydroxylation is 2. The first-order valence-electron chi connectivity index (χ1n) is 18.1. The van der Waals surface area contributed by atoms with Crippen LogP contribution < -0.4 is 9.13 Å². The number of aliphatic hydroxyl groups is 1. The van der Waals surface area contributed by atoms with Crippen LogP contribution in [0.3, 0.4) is 0 Å². The van der Waals surface area contributed by atoms with Gasteiger partial charge in [0.25, 0.3) is 0 Å².